The van der Waals surface area contributed by atoms with Crippen LogP contribution in [-0.2, 0) is 4.79 Å². The molecular formula is C4H9NaO4. The van der Waals surface area contributed by atoms with Crippen LogP contribution in [0, 0.1) is 0 Å². The number of hydrogen-bond acceptors (Lipinski definition) is 3. The summed E-state index contributed by atoms with van der Waals surface area (Å²) in [7, 11) is 0. The Morgan fingerprint density at radius 1 is 1.78 bits per heavy atom. The van der Waals surface area contributed by atoms with Crippen LogP contribution in [0.5, 0.6) is 0 Å². The predicted molar refractivity (Wildman–Crippen MR) is 24.9 cm³/mol. The molecular weight excluding hydrogens is 137 g/mol. The molecule has 0 aliphatic heterocycles. The molecule has 4 nitrogen and oxygen atoms in total. The maximum absolute atomic E-state index is 9.54. The number of aliphatic carboxylic acids is 1. The minimum atomic E-state index is -1.21. The number of carbonyl (C=O) groups is 1. The number of rotatable bonds is 2. The number of aliphatic hydroxyl groups excluding tert-OH is 1. The fraction of sp³-hybridized carbons (Fsp3) is 0.750. The van der Waals surface area contributed by atoms with Crippen LogP contribution in [0.4, 0.5) is 0 Å². The summed E-state index contributed by atoms with van der Waals surface area (Å²) in [6.07, 6.45) is -1.06. The molecule has 0 fully saturated rings. The molecule has 0 aliphatic rings. The Morgan fingerprint density at radius 3 is 2.11 bits per heavy atom. The number of aliphatic hydroxyl groups is 1. The van der Waals surface area contributed by atoms with Gasteiger partial charge in [-0.2, -0.15) is 0 Å². The van der Waals surface area contributed by atoms with E-state index < -0.39 is 12.1 Å². The van der Waals surface area contributed by atoms with Gasteiger partial charge in [0, 0.05) is 12.4 Å². The van der Waals surface area contributed by atoms with Crippen LogP contribution in [0.15, 0.2) is 0 Å². The van der Waals surface area contributed by atoms with Gasteiger partial charge in [-0.3, -0.25) is 0 Å². The normalized spacial score (nSPS) is 10.4. The van der Waals surface area contributed by atoms with Gasteiger partial charge >= 0.3 is 29.6 Å². The molecule has 0 spiro atoms. The van der Waals surface area contributed by atoms with Crippen molar-refractivity contribution < 1.29 is 50.0 Å². The van der Waals surface area contributed by atoms with E-state index in [0.717, 1.165) is 0 Å². The number of carboxylic acid groups (broad SMARTS) is 1. The molecule has 0 rings (SSSR count). The van der Waals surface area contributed by atoms with E-state index in [1.54, 1.807) is 0 Å². The molecule has 0 amide bonds. The fourth-order valence-corrected chi connectivity index (χ4v) is 0.241. The molecule has 9 heavy (non-hydrogen) atoms. The summed E-state index contributed by atoms with van der Waals surface area (Å²) in [6.45, 7) is 1.40. The van der Waals surface area contributed by atoms with Gasteiger partial charge < -0.3 is 20.5 Å². The first-order valence-electron chi connectivity index (χ1n) is 2.01. The third-order valence-electron chi connectivity index (χ3n) is 0.462. The molecule has 0 radical (unpaired) electrons. The minimum absolute atomic E-state index is 0. The zero-order valence-corrected chi connectivity index (χ0v) is 7.55. The van der Waals surface area contributed by atoms with Crippen molar-refractivity contribution >= 4 is 5.97 Å². The first-order chi connectivity index (χ1) is 3.13. The standard InChI is InChI=1S/C4H8O3.Na.H2O/c1-3(5)2-4(6)7;;/h3,5H,2H2,1H3,(H,6,7);;1H2/q;+1;/p-1/i1+1,2+1;;. The Morgan fingerprint density at radius 2 is 2.11 bits per heavy atom. The maximum atomic E-state index is 9.54. The van der Waals surface area contributed by atoms with Crippen LogP contribution in [0.3, 0.4) is 0 Å². The van der Waals surface area contributed by atoms with Crippen LogP contribution in [0.25, 0.3) is 0 Å². The van der Waals surface area contributed by atoms with E-state index in [4.69, 9.17) is 5.11 Å². The third-order valence-corrected chi connectivity index (χ3v) is 0.462. The van der Waals surface area contributed by atoms with Crippen LogP contribution >= 0.6 is 0 Å². The molecule has 1 unspecified atom stereocenters. The van der Waals surface area contributed by atoms with E-state index in [-0.39, 0.29) is 41.5 Å². The molecule has 0 aromatic rings. The van der Waals surface area contributed by atoms with E-state index in [9.17, 15) is 9.90 Å². The van der Waals surface area contributed by atoms with Gasteiger partial charge in [0.1, 0.15) is 0 Å². The third kappa shape index (κ3) is 17.8. The van der Waals surface area contributed by atoms with Crippen molar-refractivity contribution in [3.8, 4) is 0 Å². The summed E-state index contributed by atoms with van der Waals surface area (Å²) in [4.78, 5) is 9.54. The summed E-state index contributed by atoms with van der Waals surface area (Å²) in [5, 5.41) is 17.8. The molecule has 0 bridgehead atoms. The van der Waals surface area contributed by atoms with E-state index in [1.807, 2.05) is 0 Å². The Hall–Kier alpha value is 0.390. The van der Waals surface area contributed by atoms with Gasteiger partial charge in [-0.15, -0.1) is 0 Å². The first kappa shape index (κ1) is 16.2. The monoisotopic (exact) mass is 146 g/mol. The van der Waals surface area contributed by atoms with Gasteiger partial charge in [-0.1, -0.05) is 0 Å². The van der Waals surface area contributed by atoms with Gasteiger partial charge in [0.15, 0.2) is 0 Å². The molecule has 0 aliphatic carbocycles. The molecule has 0 saturated carbocycles. The van der Waals surface area contributed by atoms with Crippen LogP contribution in [0.1, 0.15) is 13.3 Å². The largest absolute Gasteiger partial charge is 1.00 e. The molecule has 50 valence electrons. The fourth-order valence-electron chi connectivity index (χ4n) is 0.241. The number of carbonyl (C=O) groups excluding carboxylic acids is 1. The van der Waals surface area contributed by atoms with Gasteiger partial charge in [0.25, 0.3) is 0 Å². The Labute approximate surface area is 75.5 Å². The summed E-state index contributed by atoms with van der Waals surface area (Å²) < 4.78 is 0. The zero-order chi connectivity index (χ0) is 5.86. The molecule has 0 saturated heterocycles. The quantitative estimate of drug-likeness (QED) is 0.311. The van der Waals surface area contributed by atoms with Crippen molar-refractivity contribution in [2.45, 2.75) is 19.4 Å². The van der Waals surface area contributed by atoms with Crippen molar-refractivity contribution in [2.75, 3.05) is 0 Å². The summed E-state index contributed by atoms with van der Waals surface area (Å²) >= 11 is 0. The van der Waals surface area contributed by atoms with Gasteiger partial charge in [0.2, 0.25) is 0 Å². The van der Waals surface area contributed by atoms with Crippen molar-refractivity contribution in [1.29, 1.82) is 0 Å². The predicted octanol–water partition coefficient (Wildman–Crippen LogP) is -5.31. The number of carboxylic acids is 1. The molecule has 0 aromatic carbocycles. The van der Waals surface area contributed by atoms with E-state index in [1.165, 1.54) is 6.92 Å². The zero-order valence-electron chi connectivity index (χ0n) is 5.55. The van der Waals surface area contributed by atoms with Crippen molar-refractivity contribution in [3.63, 3.8) is 0 Å². The molecule has 5 heteroatoms. The van der Waals surface area contributed by atoms with E-state index in [0.29, 0.717) is 0 Å². The van der Waals surface area contributed by atoms with Gasteiger partial charge in [0.05, 0.1) is 6.10 Å². The summed E-state index contributed by atoms with van der Waals surface area (Å²) in [5.41, 5.74) is 0. The Bertz CT molecular complexity index is 73.0. The molecule has 0 heterocycles. The second-order valence-corrected chi connectivity index (χ2v) is 1.43. The Kier molecular flexibility index (Phi) is 15.1. The number of hydrogen-bond donors (Lipinski definition) is 1. The van der Waals surface area contributed by atoms with E-state index >= 15 is 0 Å². The Balaban J connectivity index is -0.000000180. The van der Waals surface area contributed by atoms with Gasteiger partial charge in [-0.05, 0) is 6.92 Å². The summed E-state index contributed by atoms with van der Waals surface area (Å²) in [6, 6.07) is 0. The summed E-state index contributed by atoms with van der Waals surface area (Å²) in [5.74, 6) is -1.21. The second kappa shape index (κ2) is 8.39. The SMILES string of the molecule is O.[13CH3]C(O)[13CH2]C(=O)[O-].[Na+]. The van der Waals surface area contributed by atoms with Crippen molar-refractivity contribution in [3.05, 3.63) is 0 Å². The van der Waals surface area contributed by atoms with Gasteiger partial charge in [-0.25, -0.2) is 0 Å². The van der Waals surface area contributed by atoms with Crippen LogP contribution < -0.4 is 34.7 Å². The second-order valence-electron chi connectivity index (χ2n) is 1.43. The smallest absolute Gasteiger partial charge is 0.550 e. The average molecular weight is 146 g/mol. The molecule has 3 N–H and O–H groups in total. The average Bonchev–Trinajstić information content (AvgIpc) is 1.27. The van der Waals surface area contributed by atoms with E-state index in [2.05, 4.69) is 0 Å². The minimum Gasteiger partial charge on any atom is -0.550 e. The first-order valence-corrected chi connectivity index (χ1v) is 2.01. The molecule has 1 atom stereocenters. The van der Waals surface area contributed by atoms with Crippen molar-refractivity contribution in [2.24, 2.45) is 0 Å². The van der Waals surface area contributed by atoms with Crippen LogP contribution in [-0.4, -0.2) is 22.7 Å². The van der Waals surface area contributed by atoms with Crippen LogP contribution in [0.2, 0.25) is 0 Å². The van der Waals surface area contributed by atoms with Crippen molar-refractivity contribution in [1.82, 2.24) is 0 Å². The molecule has 0 aromatic heterocycles. The topological polar surface area (TPSA) is 91.9 Å². The maximum Gasteiger partial charge on any atom is 1.00 e.